The molecule has 0 atom stereocenters. The number of carbonyl (C=O) groups excluding carboxylic acids is 1. The highest BCUT2D eigenvalue weighted by atomic mass is 19.1. The molecule has 0 aliphatic heterocycles. The Hall–Kier alpha value is -2.43. The number of aryl methyl sites for hydroxylation is 1. The van der Waals surface area contributed by atoms with Gasteiger partial charge in [0.05, 0.1) is 17.4 Å². The second-order valence-electron chi connectivity index (χ2n) is 3.82. The van der Waals surface area contributed by atoms with Gasteiger partial charge < -0.3 is 10.4 Å². The Morgan fingerprint density at radius 2 is 2.17 bits per heavy atom. The summed E-state index contributed by atoms with van der Waals surface area (Å²) in [6, 6.07) is 5.79. The van der Waals surface area contributed by atoms with Gasteiger partial charge in [0.15, 0.2) is 0 Å². The van der Waals surface area contributed by atoms with Crippen LogP contribution in [0.25, 0.3) is 0 Å². The molecule has 1 amide bonds. The quantitative estimate of drug-likeness (QED) is 0.855. The highest BCUT2D eigenvalue weighted by Crippen LogP contribution is 2.20. The van der Waals surface area contributed by atoms with Gasteiger partial charge in [-0.3, -0.25) is 9.78 Å². The van der Waals surface area contributed by atoms with E-state index in [1.54, 1.807) is 19.1 Å². The molecule has 0 saturated heterocycles. The number of hydrogen-bond acceptors (Lipinski definition) is 3. The number of halogens is 1. The maximum atomic E-state index is 13.5. The van der Waals surface area contributed by atoms with Crippen LogP contribution in [-0.4, -0.2) is 16.0 Å². The summed E-state index contributed by atoms with van der Waals surface area (Å²) < 4.78 is 13.5. The SMILES string of the molecule is Cc1cccc(F)c1NC(=O)c1cncc(O)c1. The highest BCUT2D eigenvalue weighted by molar-refractivity contribution is 6.04. The van der Waals surface area contributed by atoms with Gasteiger partial charge >= 0.3 is 0 Å². The predicted octanol–water partition coefficient (Wildman–Crippen LogP) is 2.49. The van der Waals surface area contributed by atoms with Crippen LogP contribution in [0.2, 0.25) is 0 Å². The molecule has 1 aromatic carbocycles. The molecule has 0 saturated carbocycles. The molecular weight excluding hydrogens is 235 g/mol. The summed E-state index contributed by atoms with van der Waals surface area (Å²) in [6.45, 7) is 1.69. The van der Waals surface area contributed by atoms with E-state index in [2.05, 4.69) is 10.3 Å². The molecule has 2 N–H and O–H groups in total. The van der Waals surface area contributed by atoms with Crippen molar-refractivity contribution in [3.63, 3.8) is 0 Å². The van der Waals surface area contributed by atoms with Crippen molar-refractivity contribution in [2.24, 2.45) is 0 Å². The molecule has 0 spiro atoms. The molecule has 1 heterocycles. The molecule has 1 aromatic heterocycles. The first-order valence-corrected chi connectivity index (χ1v) is 5.28. The lowest BCUT2D eigenvalue weighted by atomic mass is 10.2. The minimum Gasteiger partial charge on any atom is -0.506 e. The Bertz CT molecular complexity index is 579. The Labute approximate surface area is 103 Å². The van der Waals surface area contributed by atoms with E-state index in [0.717, 1.165) is 0 Å². The van der Waals surface area contributed by atoms with Crippen LogP contribution in [0.4, 0.5) is 10.1 Å². The van der Waals surface area contributed by atoms with E-state index in [0.29, 0.717) is 5.56 Å². The third-order valence-corrected chi connectivity index (χ3v) is 2.45. The number of para-hydroxylation sites is 1. The average Bonchev–Trinajstić information content (AvgIpc) is 2.34. The van der Waals surface area contributed by atoms with Crippen LogP contribution >= 0.6 is 0 Å². The number of nitrogens with zero attached hydrogens (tertiary/aromatic N) is 1. The van der Waals surface area contributed by atoms with Crippen LogP contribution in [0.1, 0.15) is 15.9 Å². The molecule has 0 unspecified atom stereocenters. The lowest BCUT2D eigenvalue weighted by Crippen LogP contribution is -2.14. The number of carbonyl (C=O) groups is 1. The van der Waals surface area contributed by atoms with Crippen molar-refractivity contribution in [2.75, 3.05) is 5.32 Å². The zero-order valence-electron chi connectivity index (χ0n) is 9.64. The molecule has 2 rings (SSSR count). The van der Waals surface area contributed by atoms with E-state index in [9.17, 15) is 14.3 Å². The van der Waals surface area contributed by atoms with Crippen LogP contribution in [-0.2, 0) is 0 Å². The monoisotopic (exact) mass is 246 g/mol. The van der Waals surface area contributed by atoms with Gasteiger partial charge in [0.25, 0.3) is 5.91 Å². The average molecular weight is 246 g/mol. The minimum absolute atomic E-state index is 0.118. The lowest BCUT2D eigenvalue weighted by molar-refractivity contribution is 0.102. The fourth-order valence-corrected chi connectivity index (χ4v) is 1.53. The Morgan fingerprint density at radius 3 is 2.83 bits per heavy atom. The molecule has 0 fully saturated rings. The summed E-state index contributed by atoms with van der Waals surface area (Å²) in [6.07, 6.45) is 2.51. The van der Waals surface area contributed by atoms with E-state index in [-0.39, 0.29) is 17.0 Å². The van der Waals surface area contributed by atoms with Crippen LogP contribution in [0, 0.1) is 12.7 Å². The molecule has 5 heteroatoms. The first kappa shape index (κ1) is 12.0. The molecule has 0 radical (unpaired) electrons. The van der Waals surface area contributed by atoms with E-state index in [4.69, 9.17) is 0 Å². The summed E-state index contributed by atoms with van der Waals surface area (Å²) in [4.78, 5) is 15.5. The number of benzene rings is 1. The first-order chi connectivity index (χ1) is 8.58. The lowest BCUT2D eigenvalue weighted by Gasteiger charge is -2.09. The fourth-order valence-electron chi connectivity index (χ4n) is 1.53. The zero-order chi connectivity index (χ0) is 13.1. The Morgan fingerprint density at radius 1 is 1.39 bits per heavy atom. The Balaban J connectivity index is 2.27. The van der Waals surface area contributed by atoms with Crippen LogP contribution in [0.3, 0.4) is 0 Å². The Kier molecular flexibility index (Phi) is 3.23. The van der Waals surface area contributed by atoms with Crippen molar-refractivity contribution in [1.82, 2.24) is 4.98 Å². The number of rotatable bonds is 2. The van der Waals surface area contributed by atoms with Crippen molar-refractivity contribution in [2.45, 2.75) is 6.92 Å². The number of pyridine rings is 1. The largest absolute Gasteiger partial charge is 0.506 e. The summed E-state index contributed by atoms with van der Waals surface area (Å²) >= 11 is 0. The molecule has 92 valence electrons. The number of aromatic hydroxyl groups is 1. The van der Waals surface area contributed by atoms with Crippen molar-refractivity contribution in [3.8, 4) is 5.75 Å². The molecule has 0 aliphatic rings. The number of amides is 1. The number of anilines is 1. The maximum Gasteiger partial charge on any atom is 0.257 e. The van der Waals surface area contributed by atoms with Gasteiger partial charge in [-0.15, -0.1) is 0 Å². The number of hydrogen-bond donors (Lipinski definition) is 2. The predicted molar refractivity (Wildman–Crippen MR) is 65.0 cm³/mol. The number of aromatic nitrogens is 1. The van der Waals surface area contributed by atoms with Crippen molar-refractivity contribution >= 4 is 11.6 Å². The molecule has 2 aromatic rings. The van der Waals surface area contributed by atoms with Gasteiger partial charge in [-0.2, -0.15) is 0 Å². The van der Waals surface area contributed by atoms with Gasteiger partial charge in [0.1, 0.15) is 11.6 Å². The number of nitrogens with one attached hydrogen (secondary N) is 1. The van der Waals surface area contributed by atoms with Crippen molar-refractivity contribution < 1.29 is 14.3 Å². The normalized spacial score (nSPS) is 10.1. The van der Waals surface area contributed by atoms with E-state index in [1.165, 1.54) is 24.5 Å². The summed E-state index contributed by atoms with van der Waals surface area (Å²) in [7, 11) is 0. The zero-order valence-corrected chi connectivity index (χ0v) is 9.64. The van der Waals surface area contributed by atoms with Crippen molar-refractivity contribution in [1.29, 1.82) is 0 Å². The van der Waals surface area contributed by atoms with Gasteiger partial charge in [0, 0.05) is 6.20 Å². The van der Waals surface area contributed by atoms with Gasteiger partial charge in [-0.05, 0) is 24.6 Å². The van der Waals surface area contributed by atoms with E-state index < -0.39 is 11.7 Å². The van der Waals surface area contributed by atoms with Gasteiger partial charge in [-0.1, -0.05) is 12.1 Å². The third-order valence-electron chi connectivity index (χ3n) is 2.45. The fraction of sp³-hybridized carbons (Fsp3) is 0.0769. The van der Waals surface area contributed by atoms with Gasteiger partial charge in [-0.25, -0.2) is 4.39 Å². The second kappa shape index (κ2) is 4.83. The van der Waals surface area contributed by atoms with Crippen molar-refractivity contribution in [3.05, 3.63) is 53.6 Å². The molecule has 0 aliphatic carbocycles. The van der Waals surface area contributed by atoms with Crippen LogP contribution in [0.5, 0.6) is 5.75 Å². The van der Waals surface area contributed by atoms with Crippen LogP contribution in [0.15, 0.2) is 36.7 Å². The topological polar surface area (TPSA) is 62.2 Å². The van der Waals surface area contributed by atoms with Crippen LogP contribution < -0.4 is 5.32 Å². The summed E-state index contributed by atoms with van der Waals surface area (Å²) in [5.74, 6) is -1.14. The van der Waals surface area contributed by atoms with Gasteiger partial charge in [0.2, 0.25) is 0 Å². The first-order valence-electron chi connectivity index (χ1n) is 5.28. The smallest absolute Gasteiger partial charge is 0.257 e. The molecular formula is C13H11FN2O2. The van der Waals surface area contributed by atoms with E-state index in [1.807, 2.05) is 0 Å². The standard InChI is InChI=1S/C13H11FN2O2/c1-8-3-2-4-11(14)12(8)16-13(18)9-5-10(17)7-15-6-9/h2-7,17H,1H3,(H,16,18). The summed E-state index contributed by atoms with van der Waals surface area (Å²) in [5.41, 5.74) is 0.917. The second-order valence-corrected chi connectivity index (χ2v) is 3.82. The third kappa shape index (κ3) is 2.45. The summed E-state index contributed by atoms with van der Waals surface area (Å²) in [5, 5.41) is 11.7. The molecule has 4 nitrogen and oxygen atoms in total. The minimum atomic E-state index is -0.522. The molecule has 0 bridgehead atoms. The molecule has 18 heavy (non-hydrogen) atoms. The maximum absolute atomic E-state index is 13.5. The highest BCUT2D eigenvalue weighted by Gasteiger charge is 2.11. The van der Waals surface area contributed by atoms with E-state index >= 15 is 0 Å².